The van der Waals surface area contributed by atoms with Crippen LogP contribution in [0.1, 0.15) is 35.5 Å². The predicted octanol–water partition coefficient (Wildman–Crippen LogP) is 4.46. The van der Waals surface area contributed by atoms with Gasteiger partial charge in [-0.05, 0) is 39.0 Å². The molecule has 28 heavy (non-hydrogen) atoms. The number of anilines is 1. The Morgan fingerprint density at radius 2 is 1.82 bits per heavy atom. The number of benzene rings is 2. The molecule has 146 valence electrons. The number of carbonyl (C=O) groups is 2. The number of esters is 1. The third-order valence-electron chi connectivity index (χ3n) is 4.31. The van der Waals surface area contributed by atoms with E-state index in [0.29, 0.717) is 23.4 Å². The van der Waals surface area contributed by atoms with E-state index in [1.807, 2.05) is 44.2 Å². The zero-order valence-corrected chi connectivity index (χ0v) is 16.2. The van der Waals surface area contributed by atoms with Crippen LogP contribution in [-0.4, -0.2) is 24.6 Å². The molecule has 3 rings (SSSR count). The second-order valence-electron chi connectivity index (χ2n) is 6.45. The average molecular weight is 381 g/mol. The van der Waals surface area contributed by atoms with Crippen LogP contribution in [0.5, 0.6) is 0 Å². The summed E-state index contributed by atoms with van der Waals surface area (Å²) in [4.78, 5) is 25.0. The first-order valence-corrected chi connectivity index (χ1v) is 9.16. The van der Waals surface area contributed by atoms with E-state index in [-0.39, 0.29) is 12.4 Å². The fourth-order valence-corrected chi connectivity index (χ4v) is 2.76. The monoisotopic (exact) mass is 381 g/mol. The standard InChI is InChI=1S/C22H23NO5/c1-4-26-13-18-17-7-5-6-8-19(17)28-20(18)22(25)27-15(3)21(24)23-16-11-9-14(2)10-12-16/h5-12,15H,4,13H2,1-3H3,(H,23,24)/t15-/m0/s1. The minimum atomic E-state index is -0.984. The van der Waals surface area contributed by atoms with Gasteiger partial charge in [-0.3, -0.25) is 4.79 Å². The van der Waals surface area contributed by atoms with Gasteiger partial charge in [-0.25, -0.2) is 4.79 Å². The molecule has 0 unspecified atom stereocenters. The number of fused-ring (bicyclic) bond motifs is 1. The summed E-state index contributed by atoms with van der Waals surface area (Å²) in [5.74, 6) is -1.05. The third kappa shape index (κ3) is 4.40. The Balaban J connectivity index is 1.74. The van der Waals surface area contributed by atoms with E-state index >= 15 is 0 Å². The van der Waals surface area contributed by atoms with E-state index in [0.717, 1.165) is 10.9 Å². The Labute approximate surface area is 163 Å². The molecule has 0 spiro atoms. The lowest BCUT2D eigenvalue weighted by molar-refractivity contribution is -0.123. The maximum atomic E-state index is 12.7. The molecular weight excluding hydrogens is 358 g/mol. The molecule has 1 N–H and O–H groups in total. The largest absolute Gasteiger partial charge is 0.449 e. The number of aryl methyl sites for hydroxylation is 1. The van der Waals surface area contributed by atoms with Crippen LogP contribution in [0, 0.1) is 6.92 Å². The van der Waals surface area contributed by atoms with E-state index in [9.17, 15) is 9.59 Å². The fraction of sp³-hybridized carbons (Fsp3) is 0.273. The molecule has 6 nitrogen and oxygen atoms in total. The van der Waals surface area contributed by atoms with Crippen molar-refractivity contribution in [1.82, 2.24) is 0 Å². The lowest BCUT2D eigenvalue weighted by Gasteiger charge is -2.13. The van der Waals surface area contributed by atoms with E-state index < -0.39 is 18.0 Å². The minimum Gasteiger partial charge on any atom is -0.449 e. The van der Waals surface area contributed by atoms with E-state index in [4.69, 9.17) is 13.9 Å². The highest BCUT2D eigenvalue weighted by Crippen LogP contribution is 2.27. The zero-order chi connectivity index (χ0) is 20.1. The summed E-state index contributed by atoms with van der Waals surface area (Å²) in [6, 6.07) is 14.7. The zero-order valence-electron chi connectivity index (χ0n) is 16.2. The van der Waals surface area contributed by atoms with Gasteiger partial charge in [0.05, 0.1) is 6.61 Å². The number of para-hydroxylation sites is 1. The molecule has 3 aromatic rings. The molecule has 1 aromatic heterocycles. The van der Waals surface area contributed by atoms with Gasteiger partial charge in [0.15, 0.2) is 6.10 Å². The molecule has 0 radical (unpaired) electrons. The Morgan fingerprint density at radius 3 is 2.54 bits per heavy atom. The quantitative estimate of drug-likeness (QED) is 0.611. The number of rotatable bonds is 7. The van der Waals surface area contributed by atoms with Gasteiger partial charge >= 0.3 is 5.97 Å². The lowest BCUT2D eigenvalue weighted by atomic mass is 10.1. The van der Waals surface area contributed by atoms with Crippen LogP contribution >= 0.6 is 0 Å². The van der Waals surface area contributed by atoms with E-state index in [1.165, 1.54) is 6.92 Å². The highest BCUT2D eigenvalue weighted by molar-refractivity contribution is 5.99. The van der Waals surface area contributed by atoms with Crippen LogP contribution < -0.4 is 5.32 Å². The molecule has 0 aliphatic rings. The number of nitrogens with one attached hydrogen (secondary N) is 1. The second kappa shape index (κ2) is 8.71. The molecular formula is C22H23NO5. The normalized spacial score (nSPS) is 12.0. The summed E-state index contributed by atoms with van der Waals surface area (Å²) < 4.78 is 16.5. The van der Waals surface area contributed by atoms with Crippen LogP contribution in [0.15, 0.2) is 52.9 Å². The van der Waals surface area contributed by atoms with Crippen molar-refractivity contribution in [3.63, 3.8) is 0 Å². The second-order valence-corrected chi connectivity index (χ2v) is 6.45. The number of ether oxygens (including phenoxy) is 2. The van der Waals surface area contributed by atoms with E-state index in [2.05, 4.69) is 5.32 Å². The number of furan rings is 1. The SMILES string of the molecule is CCOCc1c(C(=O)O[C@@H](C)C(=O)Nc2ccc(C)cc2)oc2ccccc12. The predicted molar refractivity (Wildman–Crippen MR) is 106 cm³/mol. The van der Waals surface area contributed by atoms with Gasteiger partial charge < -0.3 is 19.2 Å². The van der Waals surface area contributed by atoms with Crippen LogP contribution in [0.2, 0.25) is 0 Å². The lowest BCUT2D eigenvalue weighted by Crippen LogP contribution is -2.30. The Kier molecular flexibility index (Phi) is 6.11. The van der Waals surface area contributed by atoms with Crippen LogP contribution in [0.4, 0.5) is 5.69 Å². The van der Waals surface area contributed by atoms with Crippen molar-refractivity contribution in [1.29, 1.82) is 0 Å². The highest BCUT2D eigenvalue weighted by atomic mass is 16.6. The first kappa shape index (κ1) is 19.6. The highest BCUT2D eigenvalue weighted by Gasteiger charge is 2.26. The summed E-state index contributed by atoms with van der Waals surface area (Å²) in [7, 11) is 0. The minimum absolute atomic E-state index is 0.0598. The summed E-state index contributed by atoms with van der Waals surface area (Å²) in [5, 5.41) is 3.52. The Bertz CT molecular complexity index is 974. The fourth-order valence-electron chi connectivity index (χ4n) is 2.76. The van der Waals surface area contributed by atoms with Crippen LogP contribution in [0.3, 0.4) is 0 Å². The average Bonchev–Trinajstić information content (AvgIpc) is 3.06. The Morgan fingerprint density at radius 1 is 1.11 bits per heavy atom. The van der Waals surface area contributed by atoms with Crippen molar-refractivity contribution < 1.29 is 23.5 Å². The van der Waals surface area contributed by atoms with Gasteiger partial charge in [0.2, 0.25) is 5.76 Å². The number of hydrogen-bond donors (Lipinski definition) is 1. The molecule has 0 fully saturated rings. The summed E-state index contributed by atoms with van der Waals surface area (Å²) in [6.45, 7) is 6.08. The number of hydrogen-bond acceptors (Lipinski definition) is 5. The molecule has 1 atom stereocenters. The summed E-state index contributed by atoms with van der Waals surface area (Å²) >= 11 is 0. The Hall–Kier alpha value is -3.12. The van der Waals surface area contributed by atoms with Gasteiger partial charge in [0.25, 0.3) is 5.91 Å². The summed E-state index contributed by atoms with van der Waals surface area (Å²) in [6.07, 6.45) is -0.984. The van der Waals surface area contributed by atoms with E-state index in [1.54, 1.807) is 18.2 Å². The van der Waals surface area contributed by atoms with Gasteiger partial charge in [-0.2, -0.15) is 0 Å². The topological polar surface area (TPSA) is 77.8 Å². The molecule has 0 bridgehead atoms. The van der Waals surface area contributed by atoms with Crippen molar-refractivity contribution in [3.05, 3.63) is 65.4 Å². The van der Waals surface area contributed by atoms with Gasteiger partial charge in [0.1, 0.15) is 5.58 Å². The van der Waals surface area contributed by atoms with Crippen molar-refractivity contribution in [2.45, 2.75) is 33.5 Å². The molecule has 6 heteroatoms. The van der Waals surface area contributed by atoms with Gasteiger partial charge in [-0.15, -0.1) is 0 Å². The van der Waals surface area contributed by atoms with Crippen molar-refractivity contribution in [2.24, 2.45) is 0 Å². The maximum absolute atomic E-state index is 12.7. The van der Waals surface area contributed by atoms with Gasteiger partial charge in [0, 0.05) is 23.2 Å². The molecule has 0 saturated heterocycles. The third-order valence-corrected chi connectivity index (χ3v) is 4.31. The van der Waals surface area contributed by atoms with Crippen molar-refractivity contribution in [2.75, 3.05) is 11.9 Å². The maximum Gasteiger partial charge on any atom is 0.375 e. The molecule has 0 saturated carbocycles. The molecule has 2 aromatic carbocycles. The molecule has 1 heterocycles. The first-order valence-electron chi connectivity index (χ1n) is 9.16. The summed E-state index contributed by atoms with van der Waals surface area (Å²) in [5.41, 5.74) is 2.91. The van der Waals surface area contributed by atoms with Crippen molar-refractivity contribution >= 4 is 28.5 Å². The van der Waals surface area contributed by atoms with Gasteiger partial charge in [-0.1, -0.05) is 35.9 Å². The number of amides is 1. The molecule has 1 amide bonds. The van der Waals surface area contributed by atoms with Crippen LogP contribution in [-0.2, 0) is 20.9 Å². The van der Waals surface area contributed by atoms with Crippen molar-refractivity contribution in [3.8, 4) is 0 Å². The molecule has 0 aliphatic carbocycles. The first-order chi connectivity index (χ1) is 13.5. The molecule has 0 aliphatic heterocycles. The number of carbonyl (C=O) groups excluding carboxylic acids is 2. The smallest absolute Gasteiger partial charge is 0.375 e. The van der Waals surface area contributed by atoms with Crippen LogP contribution in [0.25, 0.3) is 11.0 Å².